The maximum Gasteiger partial charge on any atom is 0.0620 e. The van der Waals surface area contributed by atoms with E-state index in [1.807, 2.05) is 19.9 Å². The number of hydrogen-bond donors (Lipinski definition) is 1. The number of hydrogen-bond acceptors (Lipinski definition) is 2. The molecule has 1 unspecified atom stereocenters. The number of allylic oxidation sites excluding steroid dienone is 1. The predicted octanol–water partition coefficient (Wildman–Crippen LogP) is 2.09. The average molecular weight is 171 g/mol. The zero-order valence-electron chi connectivity index (χ0n) is 8.25. The molecule has 0 aromatic rings. The lowest BCUT2D eigenvalue weighted by Crippen LogP contribution is -2.27. The normalized spacial score (nSPS) is 13.3. The number of unbranched alkanes of at least 4 members (excludes halogenated alkanes) is 1. The molecule has 0 aromatic heterocycles. The highest BCUT2D eigenvalue weighted by atomic mass is 16.5. The molecular formula is C10H21NO. The summed E-state index contributed by atoms with van der Waals surface area (Å²) in [6.07, 6.45) is 5.41. The first-order chi connectivity index (χ1) is 5.66. The first-order valence-corrected chi connectivity index (χ1v) is 4.65. The SMILES string of the molecule is C=CCCCC(N)COC(C)C. The van der Waals surface area contributed by atoms with Crippen molar-refractivity contribution in [2.24, 2.45) is 5.73 Å². The van der Waals surface area contributed by atoms with Crippen LogP contribution in [-0.4, -0.2) is 18.8 Å². The van der Waals surface area contributed by atoms with Gasteiger partial charge in [-0.25, -0.2) is 0 Å². The van der Waals surface area contributed by atoms with E-state index in [1.54, 1.807) is 0 Å². The van der Waals surface area contributed by atoms with Gasteiger partial charge in [0.2, 0.25) is 0 Å². The summed E-state index contributed by atoms with van der Waals surface area (Å²) in [5.74, 6) is 0. The van der Waals surface area contributed by atoms with Gasteiger partial charge in [-0.1, -0.05) is 6.08 Å². The van der Waals surface area contributed by atoms with Crippen molar-refractivity contribution in [3.63, 3.8) is 0 Å². The standard InChI is InChI=1S/C10H21NO/c1-4-5-6-7-10(11)8-12-9(2)3/h4,9-10H,1,5-8,11H2,2-3H3. The van der Waals surface area contributed by atoms with Gasteiger partial charge in [-0.3, -0.25) is 0 Å². The molecule has 2 N–H and O–H groups in total. The zero-order chi connectivity index (χ0) is 9.40. The molecule has 1 atom stereocenters. The molecule has 0 amide bonds. The third-order valence-electron chi connectivity index (χ3n) is 1.63. The molecule has 72 valence electrons. The molecule has 0 aliphatic rings. The van der Waals surface area contributed by atoms with Crippen LogP contribution < -0.4 is 5.73 Å². The van der Waals surface area contributed by atoms with Gasteiger partial charge in [-0.15, -0.1) is 6.58 Å². The minimum absolute atomic E-state index is 0.187. The molecule has 2 nitrogen and oxygen atoms in total. The summed E-state index contributed by atoms with van der Waals surface area (Å²) in [5.41, 5.74) is 5.80. The monoisotopic (exact) mass is 171 g/mol. The molecule has 0 saturated carbocycles. The van der Waals surface area contributed by atoms with Crippen molar-refractivity contribution < 1.29 is 4.74 Å². The fourth-order valence-corrected chi connectivity index (χ4v) is 0.924. The average Bonchev–Trinajstić information content (AvgIpc) is 2.01. The van der Waals surface area contributed by atoms with Gasteiger partial charge >= 0.3 is 0 Å². The topological polar surface area (TPSA) is 35.2 Å². The molecule has 0 aromatic carbocycles. The van der Waals surface area contributed by atoms with E-state index >= 15 is 0 Å². The molecule has 0 fully saturated rings. The molecule has 0 spiro atoms. The second kappa shape index (κ2) is 7.32. The fraction of sp³-hybridized carbons (Fsp3) is 0.800. The van der Waals surface area contributed by atoms with Crippen molar-refractivity contribution in [1.29, 1.82) is 0 Å². The summed E-state index contributed by atoms with van der Waals surface area (Å²) in [4.78, 5) is 0. The van der Waals surface area contributed by atoms with Gasteiger partial charge in [0.25, 0.3) is 0 Å². The van der Waals surface area contributed by atoms with Gasteiger partial charge in [0.1, 0.15) is 0 Å². The summed E-state index contributed by atoms with van der Waals surface area (Å²) in [7, 11) is 0. The summed E-state index contributed by atoms with van der Waals surface area (Å²) in [6.45, 7) is 8.38. The van der Waals surface area contributed by atoms with Crippen LogP contribution in [0.25, 0.3) is 0 Å². The second-order valence-electron chi connectivity index (χ2n) is 3.36. The highest BCUT2D eigenvalue weighted by Gasteiger charge is 2.02. The minimum atomic E-state index is 0.187. The van der Waals surface area contributed by atoms with E-state index in [0.717, 1.165) is 19.3 Å². The molecular weight excluding hydrogens is 150 g/mol. The Labute approximate surface area is 75.8 Å². The largest absolute Gasteiger partial charge is 0.377 e. The third kappa shape index (κ3) is 7.76. The smallest absolute Gasteiger partial charge is 0.0620 e. The lowest BCUT2D eigenvalue weighted by Gasteiger charge is -2.13. The van der Waals surface area contributed by atoms with Crippen LogP contribution in [0.4, 0.5) is 0 Å². The Morgan fingerprint density at radius 1 is 1.50 bits per heavy atom. The van der Waals surface area contributed by atoms with E-state index in [1.165, 1.54) is 0 Å². The molecule has 0 saturated heterocycles. The van der Waals surface area contributed by atoms with Gasteiger partial charge in [-0.05, 0) is 33.1 Å². The van der Waals surface area contributed by atoms with E-state index in [9.17, 15) is 0 Å². The van der Waals surface area contributed by atoms with Crippen LogP contribution in [0.3, 0.4) is 0 Å². The van der Waals surface area contributed by atoms with E-state index in [4.69, 9.17) is 10.5 Å². The first-order valence-electron chi connectivity index (χ1n) is 4.65. The lowest BCUT2D eigenvalue weighted by molar-refractivity contribution is 0.0666. The van der Waals surface area contributed by atoms with Crippen LogP contribution in [0.1, 0.15) is 33.1 Å². The van der Waals surface area contributed by atoms with E-state index < -0.39 is 0 Å². The summed E-state index contributed by atoms with van der Waals surface area (Å²) >= 11 is 0. The van der Waals surface area contributed by atoms with Gasteiger partial charge in [0.05, 0.1) is 12.7 Å². The Morgan fingerprint density at radius 3 is 2.67 bits per heavy atom. The van der Waals surface area contributed by atoms with Crippen LogP contribution in [0.15, 0.2) is 12.7 Å². The second-order valence-corrected chi connectivity index (χ2v) is 3.36. The van der Waals surface area contributed by atoms with Crippen molar-refractivity contribution in [1.82, 2.24) is 0 Å². The van der Waals surface area contributed by atoms with Crippen molar-refractivity contribution >= 4 is 0 Å². The lowest BCUT2D eigenvalue weighted by atomic mass is 10.1. The Bertz CT molecular complexity index is 112. The van der Waals surface area contributed by atoms with Crippen LogP contribution >= 0.6 is 0 Å². The van der Waals surface area contributed by atoms with Gasteiger partial charge in [0, 0.05) is 6.04 Å². The summed E-state index contributed by atoms with van der Waals surface area (Å²) in [6, 6.07) is 0.187. The molecule has 2 heteroatoms. The Balaban J connectivity index is 3.21. The van der Waals surface area contributed by atoms with Gasteiger partial charge < -0.3 is 10.5 Å². The maximum atomic E-state index is 5.80. The van der Waals surface area contributed by atoms with Crippen LogP contribution in [0.2, 0.25) is 0 Å². The quantitative estimate of drug-likeness (QED) is 0.470. The Hall–Kier alpha value is -0.340. The predicted molar refractivity (Wildman–Crippen MR) is 53.1 cm³/mol. The summed E-state index contributed by atoms with van der Waals surface area (Å²) in [5, 5.41) is 0. The van der Waals surface area contributed by atoms with Crippen LogP contribution in [0.5, 0.6) is 0 Å². The minimum Gasteiger partial charge on any atom is -0.377 e. The number of rotatable bonds is 7. The Morgan fingerprint density at radius 2 is 2.17 bits per heavy atom. The molecule has 0 aliphatic heterocycles. The number of nitrogens with two attached hydrogens (primary N) is 1. The number of ether oxygens (including phenoxy) is 1. The molecule has 0 heterocycles. The highest BCUT2D eigenvalue weighted by molar-refractivity contribution is 4.68. The molecule has 0 rings (SSSR count). The van der Waals surface area contributed by atoms with Gasteiger partial charge in [-0.2, -0.15) is 0 Å². The van der Waals surface area contributed by atoms with E-state index in [-0.39, 0.29) is 12.1 Å². The fourth-order valence-electron chi connectivity index (χ4n) is 0.924. The van der Waals surface area contributed by atoms with E-state index in [2.05, 4.69) is 6.58 Å². The first kappa shape index (κ1) is 11.7. The molecule has 0 bridgehead atoms. The Kier molecular flexibility index (Phi) is 7.11. The maximum absolute atomic E-state index is 5.80. The molecule has 12 heavy (non-hydrogen) atoms. The summed E-state index contributed by atoms with van der Waals surface area (Å²) < 4.78 is 5.38. The van der Waals surface area contributed by atoms with E-state index in [0.29, 0.717) is 6.61 Å². The van der Waals surface area contributed by atoms with Crippen molar-refractivity contribution in [3.8, 4) is 0 Å². The van der Waals surface area contributed by atoms with Crippen molar-refractivity contribution in [3.05, 3.63) is 12.7 Å². The third-order valence-corrected chi connectivity index (χ3v) is 1.63. The van der Waals surface area contributed by atoms with Gasteiger partial charge in [0.15, 0.2) is 0 Å². The molecule has 0 aliphatic carbocycles. The van der Waals surface area contributed by atoms with Crippen molar-refractivity contribution in [2.75, 3.05) is 6.61 Å². The molecule has 0 radical (unpaired) electrons. The zero-order valence-corrected chi connectivity index (χ0v) is 8.25. The van der Waals surface area contributed by atoms with Crippen LogP contribution in [-0.2, 0) is 4.74 Å². The highest BCUT2D eigenvalue weighted by Crippen LogP contribution is 2.00. The van der Waals surface area contributed by atoms with Crippen molar-refractivity contribution in [2.45, 2.75) is 45.3 Å². The van der Waals surface area contributed by atoms with Crippen LogP contribution in [0, 0.1) is 0 Å².